The van der Waals surface area contributed by atoms with E-state index in [0.717, 1.165) is 11.4 Å². The lowest BCUT2D eigenvalue weighted by Gasteiger charge is -2.13. The highest BCUT2D eigenvalue weighted by atomic mass is 16.2. The number of rotatable bonds is 7. The van der Waals surface area contributed by atoms with E-state index in [9.17, 15) is 9.59 Å². The molecule has 0 aliphatic heterocycles. The molecule has 0 saturated carbocycles. The number of anilines is 3. The van der Waals surface area contributed by atoms with Gasteiger partial charge in [0.2, 0.25) is 0 Å². The first-order chi connectivity index (χ1) is 15.3. The molecule has 0 unspecified atom stereocenters. The molecule has 0 aliphatic carbocycles. The first-order valence-corrected chi connectivity index (χ1v) is 10.0. The van der Waals surface area contributed by atoms with Gasteiger partial charge < -0.3 is 9.80 Å². The van der Waals surface area contributed by atoms with E-state index >= 15 is 0 Å². The van der Waals surface area contributed by atoms with E-state index in [1.165, 1.54) is 0 Å². The fraction of sp³-hybridized carbons (Fsp3) is 0.167. The second-order valence-electron chi connectivity index (χ2n) is 7.51. The van der Waals surface area contributed by atoms with Crippen LogP contribution in [0, 0.1) is 0 Å². The largest absolute Gasteiger partial charge is 0.378 e. The molecule has 0 saturated heterocycles. The zero-order chi connectivity index (χ0) is 23.1. The number of hydrazine groups is 1. The van der Waals surface area contributed by atoms with Crippen LogP contribution in [0.15, 0.2) is 83.0 Å². The van der Waals surface area contributed by atoms with Crippen LogP contribution >= 0.6 is 0 Å². The summed E-state index contributed by atoms with van der Waals surface area (Å²) in [5.41, 5.74) is 9.75. The Bertz CT molecular complexity index is 1090. The van der Waals surface area contributed by atoms with Crippen molar-refractivity contribution in [2.24, 2.45) is 10.2 Å². The third kappa shape index (κ3) is 5.91. The summed E-state index contributed by atoms with van der Waals surface area (Å²) in [6.07, 6.45) is 0. The van der Waals surface area contributed by atoms with Crippen LogP contribution in [-0.4, -0.2) is 40.0 Å². The number of azo groups is 1. The van der Waals surface area contributed by atoms with Crippen molar-refractivity contribution in [1.29, 1.82) is 0 Å². The van der Waals surface area contributed by atoms with Gasteiger partial charge in [0, 0.05) is 50.7 Å². The smallest absolute Gasteiger partial charge is 0.295 e. The summed E-state index contributed by atoms with van der Waals surface area (Å²) in [4.78, 5) is 28.4. The Labute approximate surface area is 187 Å². The summed E-state index contributed by atoms with van der Waals surface area (Å²) in [5, 5.41) is 7.77. The number of amides is 2. The quantitative estimate of drug-likeness (QED) is 0.426. The lowest BCUT2D eigenvalue weighted by Crippen LogP contribution is -2.29. The molecule has 8 heteroatoms. The maximum absolute atomic E-state index is 12.3. The van der Waals surface area contributed by atoms with Crippen LogP contribution in [0.25, 0.3) is 0 Å². The zero-order valence-corrected chi connectivity index (χ0v) is 18.5. The van der Waals surface area contributed by atoms with Gasteiger partial charge in [0.1, 0.15) is 0 Å². The van der Waals surface area contributed by atoms with Crippen LogP contribution < -0.4 is 20.7 Å². The summed E-state index contributed by atoms with van der Waals surface area (Å²) in [5.74, 6) is -0.657. The number of carbonyl (C=O) groups is 2. The van der Waals surface area contributed by atoms with Crippen LogP contribution in [-0.2, 0) is 0 Å². The van der Waals surface area contributed by atoms with Crippen molar-refractivity contribution >= 4 is 34.6 Å². The molecule has 3 aromatic carbocycles. The van der Waals surface area contributed by atoms with Gasteiger partial charge in [0.25, 0.3) is 11.8 Å². The second kappa shape index (κ2) is 10.2. The highest BCUT2D eigenvalue weighted by Gasteiger charge is 2.07. The number of carbonyl (C=O) groups excluding carboxylic acids is 2. The third-order valence-electron chi connectivity index (χ3n) is 4.72. The molecule has 0 atom stereocenters. The van der Waals surface area contributed by atoms with Crippen LogP contribution in [0.4, 0.5) is 22.7 Å². The van der Waals surface area contributed by atoms with Crippen molar-refractivity contribution in [2.75, 3.05) is 43.4 Å². The van der Waals surface area contributed by atoms with Gasteiger partial charge in [-0.2, -0.15) is 0 Å². The Balaban J connectivity index is 1.54. The molecule has 2 amide bonds. The highest BCUT2D eigenvalue weighted by Crippen LogP contribution is 2.18. The van der Waals surface area contributed by atoms with Crippen LogP contribution in [0.3, 0.4) is 0 Å². The monoisotopic (exact) mass is 430 g/mol. The molecule has 3 aromatic rings. The van der Waals surface area contributed by atoms with E-state index in [-0.39, 0.29) is 5.91 Å². The number of hydrogen-bond donors (Lipinski definition) is 2. The first-order valence-electron chi connectivity index (χ1n) is 10.0. The standard InChI is InChI=1S/C24H26N6O2/c1-29(2)21-13-5-17(6-14-21)23(31)27-25-19-9-11-20(12-10-19)26-28-24(32)18-7-15-22(16-8-18)30(3)4/h5-16,25H,1-4H3,(H,27,31). The molecule has 8 nitrogen and oxygen atoms in total. The van der Waals surface area contributed by atoms with E-state index in [2.05, 4.69) is 21.1 Å². The predicted molar refractivity (Wildman–Crippen MR) is 128 cm³/mol. The summed E-state index contributed by atoms with van der Waals surface area (Å²) in [7, 11) is 7.75. The average Bonchev–Trinajstić information content (AvgIpc) is 2.81. The minimum atomic E-state index is -0.412. The van der Waals surface area contributed by atoms with Crippen molar-refractivity contribution < 1.29 is 9.59 Å². The fourth-order valence-corrected chi connectivity index (χ4v) is 2.79. The maximum Gasteiger partial charge on any atom is 0.295 e. The fourth-order valence-electron chi connectivity index (χ4n) is 2.79. The number of benzene rings is 3. The van der Waals surface area contributed by atoms with Crippen molar-refractivity contribution in [3.05, 3.63) is 83.9 Å². The molecular weight excluding hydrogens is 404 g/mol. The van der Waals surface area contributed by atoms with Gasteiger partial charge >= 0.3 is 0 Å². The van der Waals surface area contributed by atoms with Gasteiger partial charge in [0.05, 0.1) is 11.4 Å². The molecule has 0 spiro atoms. The number of nitrogens with zero attached hydrogens (tertiary/aromatic N) is 4. The van der Waals surface area contributed by atoms with Crippen LogP contribution in [0.2, 0.25) is 0 Å². The number of hydrogen-bond acceptors (Lipinski definition) is 6. The lowest BCUT2D eigenvalue weighted by atomic mass is 10.2. The molecule has 0 aromatic heterocycles. The zero-order valence-electron chi connectivity index (χ0n) is 18.5. The van der Waals surface area contributed by atoms with Gasteiger partial charge in [-0.3, -0.25) is 20.4 Å². The summed E-state index contributed by atoms with van der Waals surface area (Å²) in [6.45, 7) is 0. The Morgan fingerprint density at radius 2 is 1.19 bits per heavy atom. The van der Waals surface area contributed by atoms with Crippen molar-refractivity contribution in [2.45, 2.75) is 0 Å². The van der Waals surface area contributed by atoms with Crippen molar-refractivity contribution in [1.82, 2.24) is 5.43 Å². The van der Waals surface area contributed by atoms with Gasteiger partial charge in [-0.25, -0.2) is 0 Å². The first kappa shape index (κ1) is 22.5. The van der Waals surface area contributed by atoms with Gasteiger partial charge in [-0.1, -0.05) is 0 Å². The topological polar surface area (TPSA) is 89.4 Å². The molecule has 3 rings (SSSR count). The molecule has 0 bridgehead atoms. The molecular formula is C24H26N6O2. The summed E-state index contributed by atoms with van der Waals surface area (Å²) >= 11 is 0. The Kier molecular flexibility index (Phi) is 7.17. The van der Waals surface area contributed by atoms with Crippen molar-refractivity contribution in [3.8, 4) is 0 Å². The van der Waals surface area contributed by atoms with Gasteiger partial charge in [-0.15, -0.1) is 10.2 Å². The lowest BCUT2D eigenvalue weighted by molar-refractivity contribution is 0.0960. The molecule has 164 valence electrons. The SMILES string of the molecule is CN(C)c1ccc(C(=O)N=Nc2ccc(NNC(=O)c3ccc(N(C)C)cc3)cc2)cc1. The Morgan fingerprint density at radius 3 is 1.69 bits per heavy atom. The van der Waals surface area contributed by atoms with E-state index < -0.39 is 5.91 Å². The predicted octanol–water partition coefficient (Wildman–Crippen LogP) is 4.50. The van der Waals surface area contributed by atoms with Crippen LogP contribution in [0.5, 0.6) is 0 Å². The second-order valence-corrected chi connectivity index (χ2v) is 7.51. The van der Waals surface area contributed by atoms with E-state index in [0.29, 0.717) is 22.5 Å². The molecule has 32 heavy (non-hydrogen) atoms. The normalized spacial score (nSPS) is 10.6. The average molecular weight is 431 g/mol. The minimum Gasteiger partial charge on any atom is -0.378 e. The number of nitrogens with one attached hydrogen (secondary N) is 2. The van der Waals surface area contributed by atoms with Crippen LogP contribution in [0.1, 0.15) is 20.7 Å². The van der Waals surface area contributed by atoms with Gasteiger partial charge in [-0.05, 0) is 72.8 Å². The van der Waals surface area contributed by atoms with E-state index in [4.69, 9.17) is 0 Å². The molecule has 0 radical (unpaired) electrons. The maximum atomic E-state index is 12.3. The van der Waals surface area contributed by atoms with E-state index in [1.807, 2.05) is 62.3 Å². The molecule has 0 fully saturated rings. The van der Waals surface area contributed by atoms with Crippen molar-refractivity contribution in [3.63, 3.8) is 0 Å². The highest BCUT2D eigenvalue weighted by molar-refractivity contribution is 5.95. The Morgan fingerprint density at radius 1 is 0.688 bits per heavy atom. The molecule has 0 heterocycles. The molecule has 2 N–H and O–H groups in total. The summed E-state index contributed by atoms with van der Waals surface area (Å²) < 4.78 is 0. The third-order valence-corrected chi connectivity index (χ3v) is 4.72. The van der Waals surface area contributed by atoms with E-state index in [1.54, 1.807) is 48.5 Å². The minimum absolute atomic E-state index is 0.245. The Hall–Kier alpha value is -4.20. The summed E-state index contributed by atoms with van der Waals surface area (Å²) in [6, 6.07) is 21.3. The molecule has 0 aliphatic rings. The van der Waals surface area contributed by atoms with Gasteiger partial charge in [0.15, 0.2) is 0 Å².